The molecule has 1 unspecified atom stereocenters. The van der Waals surface area contributed by atoms with Gasteiger partial charge in [-0.3, -0.25) is 14.9 Å². The zero-order valence-corrected chi connectivity index (χ0v) is 11.1. The maximum atomic E-state index is 11.6. The van der Waals surface area contributed by atoms with Crippen molar-refractivity contribution >= 4 is 29.4 Å². The molecule has 0 aliphatic carbocycles. The van der Waals surface area contributed by atoms with Gasteiger partial charge in [-0.25, -0.2) is 4.79 Å². The SMILES string of the molecule is CC(Cl)C(=O)NC(=O)NCCC(=O)N1CCCC1. The summed E-state index contributed by atoms with van der Waals surface area (Å²) >= 11 is 5.49. The van der Waals surface area contributed by atoms with Crippen molar-refractivity contribution in [2.75, 3.05) is 19.6 Å². The van der Waals surface area contributed by atoms with Gasteiger partial charge < -0.3 is 10.2 Å². The Balaban J connectivity index is 2.15. The molecule has 1 aliphatic rings. The molecule has 0 aromatic rings. The molecule has 0 spiro atoms. The fourth-order valence-corrected chi connectivity index (χ4v) is 1.72. The molecule has 4 amide bonds. The lowest BCUT2D eigenvalue weighted by Gasteiger charge is -2.15. The van der Waals surface area contributed by atoms with Crippen LogP contribution in [0, 0.1) is 0 Å². The average Bonchev–Trinajstić information content (AvgIpc) is 2.81. The largest absolute Gasteiger partial charge is 0.343 e. The van der Waals surface area contributed by atoms with E-state index in [1.165, 1.54) is 6.92 Å². The topological polar surface area (TPSA) is 78.5 Å². The Bertz CT molecular complexity index is 327. The number of likely N-dealkylation sites (tertiary alicyclic amines) is 1. The molecule has 0 aromatic heterocycles. The molecule has 0 saturated carbocycles. The first-order chi connectivity index (χ1) is 8.50. The summed E-state index contributed by atoms with van der Waals surface area (Å²) in [4.78, 5) is 35.7. The van der Waals surface area contributed by atoms with Crippen LogP contribution in [0.1, 0.15) is 26.2 Å². The molecule has 7 heteroatoms. The van der Waals surface area contributed by atoms with E-state index in [2.05, 4.69) is 10.6 Å². The van der Waals surface area contributed by atoms with Crippen LogP contribution < -0.4 is 10.6 Å². The molecular weight excluding hydrogens is 258 g/mol. The summed E-state index contributed by atoms with van der Waals surface area (Å²) in [6.07, 6.45) is 2.33. The van der Waals surface area contributed by atoms with Crippen molar-refractivity contribution < 1.29 is 14.4 Å². The molecule has 6 nitrogen and oxygen atoms in total. The van der Waals surface area contributed by atoms with Gasteiger partial charge in [0, 0.05) is 26.1 Å². The Morgan fingerprint density at radius 1 is 1.28 bits per heavy atom. The van der Waals surface area contributed by atoms with Crippen molar-refractivity contribution in [2.24, 2.45) is 0 Å². The second kappa shape index (κ2) is 7.20. The number of hydrogen-bond donors (Lipinski definition) is 2. The van der Waals surface area contributed by atoms with Crippen LogP contribution in [0.15, 0.2) is 0 Å². The Morgan fingerprint density at radius 3 is 2.44 bits per heavy atom. The minimum atomic E-state index is -0.762. The van der Waals surface area contributed by atoms with E-state index in [-0.39, 0.29) is 18.9 Å². The molecule has 1 atom stereocenters. The number of urea groups is 1. The summed E-state index contributed by atoms with van der Waals surface area (Å²) in [5, 5.41) is 3.76. The second-order valence-electron chi connectivity index (χ2n) is 4.20. The number of hydrogen-bond acceptors (Lipinski definition) is 3. The number of carbonyl (C=O) groups is 3. The highest BCUT2D eigenvalue weighted by molar-refractivity contribution is 6.31. The van der Waals surface area contributed by atoms with Crippen molar-refractivity contribution in [1.29, 1.82) is 0 Å². The summed E-state index contributed by atoms with van der Waals surface area (Å²) in [5.74, 6) is -0.523. The molecule has 1 rings (SSSR count). The minimum absolute atomic E-state index is 0.0323. The monoisotopic (exact) mass is 275 g/mol. The van der Waals surface area contributed by atoms with Crippen molar-refractivity contribution in [3.8, 4) is 0 Å². The molecule has 1 aliphatic heterocycles. The minimum Gasteiger partial charge on any atom is -0.343 e. The van der Waals surface area contributed by atoms with Gasteiger partial charge in [-0.15, -0.1) is 11.6 Å². The van der Waals surface area contributed by atoms with Gasteiger partial charge in [-0.05, 0) is 19.8 Å². The predicted molar refractivity (Wildman–Crippen MR) is 67.3 cm³/mol. The zero-order valence-electron chi connectivity index (χ0n) is 10.4. The van der Waals surface area contributed by atoms with Crippen LogP contribution >= 0.6 is 11.6 Å². The number of imide groups is 1. The molecule has 1 heterocycles. The summed E-state index contributed by atoms with van der Waals surface area (Å²) in [6, 6.07) is -0.623. The Hall–Kier alpha value is -1.30. The van der Waals surface area contributed by atoms with Crippen LogP contribution in [0.5, 0.6) is 0 Å². The summed E-state index contributed by atoms with van der Waals surface area (Å²) in [7, 11) is 0. The first-order valence-electron chi connectivity index (χ1n) is 6.01. The van der Waals surface area contributed by atoms with Crippen LogP contribution in [-0.4, -0.2) is 47.8 Å². The highest BCUT2D eigenvalue weighted by Crippen LogP contribution is 2.08. The summed E-state index contributed by atoms with van der Waals surface area (Å²) < 4.78 is 0. The van der Waals surface area contributed by atoms with Gasteiger partial charge in [0.25, 0.3) is 0 Å². The first kappa shape index (κ1) is 14.8. The smallest absolute Gasteiger partial charge is 0.321 e. The maximum absolute atomic E-state index is 11.6. The molecule has 102 valence electrons. The van der Waals surface area contributed by atoms with Gasteiger partial charge in [0.2, 0.25) is 11.8 Å². The summed E-state index contributed by atoms with van der Waals surface area (Å²) in [5.41, 5.74) is 0. The number of halogens is 1. The highest BCUT2D eigenvalue weighted by atomic mass is 35.5. The van der Waals surface area contributed by atoms with E-state index in [0.717, 1.165) is 25.9 Å². The van der Waals surface area contributed by atoms with E-state index in [1.54, 1.807) is 4.90 Å². The van der Waals surface area contributed by atoms with E-state index >= 15 is 0 Å². The lowest BCUT2D eigenvalue weighted by atomic mass is 10.3. The third kappa shape index (κ3) is 4.91. The van der Waals surface area contributed by atoms with E-state index in [0.29, 0.717) is 0 Å². The molecule has 0 radical (unpaired) electrons. The molecule has 0 aromatic carbocycles. The Labute approximate surface area is 111 Å². The average molecular weight is 276 g/mol. The van der Waals surface area contributed by atoms with Crippen molar-refractivity contribution in [3.05, 3.63) is 0 Å². The number of rotatable bonds is 4. The van der Waals surface area contributed by atoms with Gasteiger partial charge in [0.1, 0.15) is 5.38 Å². The highest BCUT2D eigenvalue weighted by Gasteiger charge is 2.18. The van der Waals surface area contributed by atoms with E-state index < -0.39 is 17.3 Å². The van der Waals surface area contributed by atoms with Gasteiger partial charge in [0.15, 0.2) is 0 Å². The third-order valence-electron chi connectivity index (χ3n) is 2.68. The number of nitrogens with zero attached hydrogens (tertiary/aromatic N) is 1. The number of carbonyl (C=O) groups excluding carboxylic acids is 3. The normalized spacial score (nSPS) is 16.2. The second-order valence-corrected chi connectivity index (χ2v) is 4.85. The van der Waals surface area contributed by atoms with Crippen molar-refractivity contribution in [2.45, 2.75) is 31.6 Å². The van der Waals surface area contributed by atoms with Gasteiger partial charge in [-0.2, -0.15) is 0 Å². The molecule has 0 bridgehead atoms. The van der Waals surface area contributed by atoms with Gasteiger partial charge in [0.05, 0.1) is 0 Å². The van der Waals surface area contributed by atoms with E-state index in [9.17, 15) is 14.4 Å². The first-order valence-corrected chi connectivity index (χ1v) is 6.45. The van der Waals surface area contributed by atoms with E-state index in [1.807, 2.05) is 0 Å². The van der Waals surface area contributed by atoms with Gasteiger partial charge in [-0.1, -0.05) is 0 Å². The number of amides is 4. The molecule has 2 N–H and O–H groups in total. The van der Waals surface area contributed by atoms with Gasteiger partial charge >= 0.3 is 6.03 Å². The fraction of sp³-hybridized carbons (Fsp3) is 0.727. The number of nitrogens with one attached hydrogen (secondary N) is 2. The molecular formula is C11H18ClN3O3. The zero-order chi connectivity index (χ0) is 13.5. The quantitative estimate of drug-likeness (QED) is 0.732. The van der Waals surface area contributed by atoms with Crippen LogP contribution in [-0.2, 0) is 9.59 Å². The third-order valence-corrected chi connectivity index (χ3v) is 2.88. The standard InChI is InChI=1S/C11H18ClN3O3/c1-8(12)10(17)14-11(18)13-5-4-9(16)15-6-2-3-7-15/h8H,2-7H2,1H3,(H2,13,14,17,18). The predicted octanol–water partition coefficient (Wildman–Crippen LogP) is 0.452. The number of alkyl halides is 1. The van der Waals surface area contributed by atoms with Crippen LogP contribution in [0.2, 0.25) is 0 Å². The lowest BCUT2D eigenvalue weighted by molar-refractivity contribution is -0.129. The Kier molecular flexibility index (Phi) is 5.91. The lowest BCUT2D eigenvalue weighted by Crippen LogP contribution is -2.43. The van der Waals surface area contributed by atoms with Crippen LogP contribution in [0.25, 0.3) is 0 Å². The maximum Gasteiger partial charge on any atom is 0.321 e. The van der Waals surface area contributed by atoms with Crippen molar-refractivity contribution in [3.63, 3.8) is 0 Å². The summed E-state index contributed by atoms with van der Waals surface area (Å²) in [6.45, 7) is 3.28. The van der Waals surface area contributed by atoms with E-state index in [4.69, 9.17) is 11.6 Å². The molecule has 1 saturated heterocycles. The van der Waals surface area contributed by atoms with Crippen molar-refractivity contribution in [1.82, 2.24) is 15.5 Å². The Morgan fingerprint density at radius 2 is 1.89 bits per heavy atom. The molecule has 18 heavy (non-hydrogen) atoms. The van der Waals surface area contributed by atoms with Crippen LogP contribution in [0.3, 0.4) is 0 Å². The molecule has 1 fully saturated rings. The fourth-order valence-electron chi connectivity index (χ4n) is 1.66. The van der Waals surface area contributed by atoms with Crippen LogP contribution in [0.4, 0.5) is 4.79 Å².